The minimum absolute atomic E-state index is 0.00652. The fraction of sp³-hybridized carbons (Fsp3) is 0.300. The highest BCUT2D eigenvalue weighted by Crippen LogP contribution is 2.36. The quantitative estimate of drug-likeness (QED) is 0.243. The normalized spacial score (nSPS) is 14.3. The van der Waals surface area contributed by atoms with Crippen molar-refractivity contribution in [1.82, 2.24) is 14.9 Å². The lowest BCUT2D eigenvalue weighted by molar-refractivity contribution is -0.137. The summed E-state index contributed by atoms with van der Waals surface area (Å²) in [5.74, 6) is 0.0593. The summed E-state index contributed by atoms with van der Waals surface area (Å²) in [6.45, 7) is 5.97. The van der Waals surface area contributed by atoms with Crippen molar-refractivity contribution in [3.8, 4) is 11.1 Å². The van der Waals surface area contributed by atoms with Gasteiger partial charge in [-0.3, -0.25) is 4.79 Å². The van der Waals surface area contributed by atoms with Crippen LogP contribution in [-0.4, -0.2) is 47.0 Å². The van der Waals surface area contributed by atoms with Crippen LogP contribution < -0.4 is 10.6 Å². The second-order valence-corrected chi connectivity index (χ2v) is 10.4. The highest BCUT2D eigenvalue weighted by molar-refractivity contribution is 6.31. The predicted molar refractivity (Wildman–Crippen MR) is 153 cm³/mol. The Morgan fingerprint density at radius 1 is 1.02 bits per heavy atom. The van der Waals surface area contributed by atoms with Crippen molar-refractivity contribution < 1.29 is 18.0 Å². The van der Waals surface area contributed by atoms with Crippen molar-refractivity contribution in [2.75, 3.05) is 36.8 Å². The van der Waals surface area contributed by atoms with Gasteiger partial charge in [-0.05, 0) is 92.0 Å². The fourth-order valence-electron chi connectivity index (χ4n) is 4.89. The van der Waals surface area contributed by atoms with Crippen molar-refractivity contribution >= 4 is 40.0 Å². The second-order valence-electron chi connectivity index (χ2n) is 9.97. The van der Waals surface area contributed by atoms with Gasteiger partial charge in [0.15, 0.2) is 0 Å². The number of halogens is 4. The van der Waals surface area contributed by atoms with E-state index in [0.717, 1.165) is 65.9 Å². The maximum Gasteiger partial charge on any atom is 0.417 e. The number of aryl methyl sites for hydroxylation is 1. The number of hydrogen-bond acceptors (Lipinski definition) is 5. The van der Waals surface area contributed by atoms with Gasteiger partial charge in [0, 0.05) is 35.9 Å². The third kappa shape index (κ3) is 6.54. The van der Waals surface area contributed by atoms with Crippen molar-refractivity contribution in [3.05, 3.63) is 82.5 Å². The van der Waals surface area contributed by atoms with Crippen molar-refractivity contribution in [3.63, 3.8) is 0 Å². The molecule has 6 nitrogen and oxygen atoms in total. The lowest BCUT2D eigenvalue weighted by Crippen LogP contribution is -2.33. The molecule has 1 amide bonds. The average molecular weight is 568 g/mol. The topological polar surface area (TPSA) is 70.2 Å². The Balaban J connectivity index is 1.31. The molecule has 2 N–H and O–H groups in total. The lowest BCUT2D eigenvalue weighted by atomic mass is 9.97. The van der Waals surface area contributed by atoms with E-state index in [1.165, 1.54) is 25.3 Å². The zero-order valence-corrected chi connectivity index (χ0v) is 22.7. The van der Waals surface area contributed by atoms with Crippen molar-refractivity contribution in [2.45, 2.75) is 32.4 Å². The molecule has 5 rings (SSSR count). The fourth-order valence-corrected chi connectivity index (χ4v) is 5.12. The Morgan fingerprint density at radius 2 is 1.82 bits per heavy atom. The van der Waals surface area contributed by atoms with E-state index >= 15 is 0 Å². The molecule has 1 fully saturated rings. The number of nitrogens with zero attached hydrogens (tertiary/aromatic N) is 3. The number of nitrogens with one attached hydrogen (secondary N) is 2. The largest absolute Gasteiger partial charge is 0.417 e. The van der Waals surface area contributed by atoms with Crippen molar-refractivity contribution in [1.29, 1.82) is 0 Å². The molecule has 0 atom stereocenters. The van der Waals surface area contributed by atoms with Gasteiger partial charge in [-0.1, -0.05) is 30.2 Å². The van der Waals surface area contributed by atoms with Gasteiger partial charge in [0.25, 0.3) is 5.91 Å². The number of carbonyl (C=O) groups excluding carboxylic acids is 1. The Morgan fingerprint density at radius 3 is 2.60 bits per heavy atom. The van der Waals surface area contributed by atoms with Crippen molar-refractivity contribution in [2.24, 2.45) is 0 Å². The number of carbonyl (C=O) groups is 1. The molecule has 0 radical (unpaired) electrons. The van der Waals surface area contributed by atoms with E-state index < -0.39 is 22.7 Å². The van der Waals surface area contributed by atoms with Gasteiger partial charge in [0.05, 0.1) is 16.1 Å². The SMILES string of the molecule is Cc1ccc(C(=O)Nc2ccc(Cl)c(C(F)(F)F)c2)cc1-c1ccc2nc(NCCN3CCCCC3)ncc2c1. The van der Waals surface area contributed by atoms with E-state index in [1.54, 1.807) is 18.3 Å². The molecule has 0 spiro atoms. The van der Waals surface area contributed by atoms with Crippen LogP contribution in [0.3, 0.4) is 0 Å². The molecule has 10 heteroatoms. The van der Waals surface area contributed by atoms with E-state index in [9.17, 15) is 18.0 Å². The number of amides is 1. The summed E-state index contributed by atoms with van der Waals surface area (Å²) >= 11 is 5.70. The zero-order valence-electron chi connectivity index (χ0n) is 22.0. The van der Waals surface area contributed by atoms with E-state index in [-0.39, 0.29) is 5.69 Å². The molecule has 1 aromatic heterocycles. The first-order chi connectivity index (χ1) is 19.2. The van der Waals surface area contributed by atoms with Crippen LogP contribution in [0.2, 0.25) is 5.02 Å². The summed E-state index contributed by atoms with van der Waals surface area (Å²) in [6, 6.07) is 14.3. The molecule has 208 valence electrons. The van der Waals surface area contributed by atoms with Gasteiger partial charge >= 0.3 is 6.18 Å². The summed E-state index contributed by atoms with van der Waals surface area (Å²) < 4.78 is 39.7. The molecular weight excluding hydrogens is 539 g/mol. The summed E-state index contributed by atoms with van der Waals surface area (Å²) in [7, 11) is 0. The predicted octanol–water partition coefficient (Wildman–Crippen LogP) is 7.43. The van der Waals surface area contributed by atoms with Gasteiger partial charge in [-0.2, -0.15) is 13.2 Å². The highest BCUT2D eigenvalue weighted by Gasteiger charge is 2.33. The van der Waals surface area contributed by atoms with E-state index in [0.29, 0.717) is 11.5 Å². The Kier molecular flexibility index (Phi) is 8.23. The molecule has 1 saturated heterocycles. The summed E-state index contributed by atoms with van der Waals surface area (Å²) in [5.41, 5.74) is 2.76. The summed E-state index contributed by atoms with van der Waals surface area (Å²) in [5, 5.41) is 6.29. The lowest BCUT2D eigenvalue weighted by Gasteiger charge is -2.26. The number of piperidine rings is 1. The van der Waals surface area contributed by atoms with E-state index in [4.69, 9.17) is 11.6 Å². The minimum atomic E-state index is -4.63. The smallest absolute Gasteiger partial charge is 0.353 e. The molecular formula is C30H29ClF3N5O. The molecule has 0 bridgehead atoms. The molecule has 0 saturated carbocycles. The highest BCUT2D eigenvalue weighted by atomic mass is 35.5. The number of rotatable bonds is 7. The Hall–Kier alpha value is -3.69. The molecule has 1 aliphatic heterocycles. The maximum atomic E-state index is 13.2. The van der Waals surface area contributed by atoms with Crippen LogP contribution in [0.4, 0.5) is 24.8 Å². The monoisotopic (exact) mass is 567 g/mol. The number of fused-ring (bicyclic) bond motifs is 1. The number of aromatic nitrogens is 2. The van der Waals surface area contributed by atoms with Crippen LogP contribution in [0.25, 0.3) is 22.0 Å². The minimum Gasteiger partial charge on any atom is -0.353 e. The molecule has 40 heavy (non-hydrogen) atoms. The van der Waals surface area contributed by atoms with Gasteiger partial charge in [0.2, 0.25) is 5.95 Å². The number of likely N-dealkylation sites (tertiary alicyclic amines) is 1. The first-order valence-corrected chi connectivity index (χ1v) is 13.6. The van der Waals surface area contributed by atoms with Gasteiger partial charge in [-0.15, -0.1) is 0 Å². The standard InChI is InChI=1S/C30H29ClF3N5O/c1-19-5-6-21(28(40)37-23-8-9-26(31)25(17-23)30(32,33)34)16-24(19)20-7-10-27-22(15-20)18-36-29(38-27)35-11-14-39-12-3-2-4-13-39/h5-10,15-18H,2-4,11-14H2,1H3,(H,37,40)(H,35,36,38). The first kappa shape index (κ1) is 27.9. The summed E-state index contributed by atoms with van der Waals surface area (Å²) in [6.07, 6.45) is 0.977. The Bertz CT molecular complexity index is 1540. The molecule has 4 aromatic rings. The number of alkyl halides is 3. The number of anilines is 2. The van der Waals surface area contributed by atoms with E-state index in [1.807, 2.05) is 31.2 Å². The molecule has 3 aromatic carbocycles. The number of benzene rings is 3. The Labute approximate surface area is 235 Å². The third-order valence-corrected chi connectivity index (χ3v) is 7.41. The molecule has 2 heterocycles. The first-order valence-electron chi connectivity index (χ1n) is 13.2. The van der Waals surface area contributed by atoms with Crippen LogP contribution in [0, 0.1) is 6.92 Å². The third-order valence-electron chi connectivity index (χ3n) is 7.08. The van der Waals surface area contributed by atoms with Crippen LogP contribution in [0.1, 0.15) is 40.7 Å². The van der Waals surface area contributed by atoms with Crippen LogP contribution in [0.15, 0.2) is 60.8 Å². The van der Waals surface area contributed by atoms with Crippen LogP contribution >= 0.6 is 11.6 Å². The molecule has 1 aliphatic rings. The number of hydrogen-bond donors (Lipinski definition) is 2. The molecule has 0 unspecified atom stereocenters. The molecule has 0 aliphatic carbocycles. The average Bonchev–Trinajstić information content (AvgIpc) is 2.94. The van der Waals surface area contributed by atoms with Gasteiger partial charge in [-0.25, -0.2) is 9.97 Å². The summed E-state index contributed by atoms with van der Waals surface area (Å²) in [4.78, 5) is 24.5. The van der Waals surface area contributed by atoms with Crippen LogP contribution in [0.5, 0.6) is 0 Å². The van der Waals surface area contributed by atoms with Crippen LogP contribution in [-0.2, 0) is 6.18 Å². The zero-order chi connectivity index (χ0) is 28.3. The second kappa shape index (κ2) is 11.8. The van der Waals surface area contributed by atoms with Gasteiger partial charge < -0.3 is 15.5 Å². The van der Waals surface area contributed by atoms with Gasteiger partial charge in [0.1, 0.15) is 0 Å². The van der Waals surface area contributed by atoms with E-state index in [2.05, 4.69) is 25.5 Å². The maximum absolute atomic E-state index is 13.2.